The Morgan fingerprint density at radius 2 is 2.00 bits per heavy atom. The van der Waals surface area contributed by atoms with Crippen LogP contribution in [0.5, 0.6) is 5.75 Å². The SMILES string of the molecule is CCOc1ccccc1N/C(=C\C(=O)OC)C(=O)NC. The number of likely N-dealkylation sites (N-methyl/N-ethyl adjacent to an activating group) is 1. The molecular formula is C14H18N2O4. The summed E-state index contributed by atoms with van der Waals surface area (Å²) in [5.41, 5.74) is 0.666. The van der Waals surface area contributed by atoms with Crippen molar-refractivity contribution in [2.75, 3.05) is 26.1 Å². The minimum absolute atomic E-state index is 0.0755. The van der Waals surface area contributed by atoms with E-state index in [4.69, 9.17) is 4.74 Å². The molecule has 1 amide bonds. The molecule has 6 heteroatoms. The maximum atomic E-state index is 11.7. The molecule has 1 aromatic rings. The van der Waals surface area contributed by atoms with E-state index in [0.29, 0.717) is 18.0 Å². The number of hydrogen-bond donors (Lipinski definition) is 2. The zero-order valence-electron chi connectivity index (χ0n) is 11.7. The summed E-state index contributed by atoms with van der Waals surface area (Å²) in [6.07, 6.45) is 1.08. The van der Waals surface area contributed by atoms with Gasteiger partial charge in [0.2, 0.25) is 0 Å². The van der Waals surface area contributed by atoms with E-state index in [1.165, 1.54) is 14.2 Å². The molecule has 0 aliphatic carbocycles. The van der Waals surface area contributed by atoms with Crippen LogP contribution >= 0.6 is 0 Å². The molecule has 0 aromatic heterocycles. The van der Waals surface area contributed by atoms with E-state index in [2.05, 4.69) is 15.4 Å². The van der Waals surface area contributed by atoms with E-state index in [1.54, 1.807) is 18.2 Å². The van der Waals surface area contributed by atoms with Gasteiger partial charge in [-0.05, 0) is 19.1 Å². The number of carbonyl (C=O) groups is 2. The zero-order valence-corrected chi connectivity index (χ0v) is 11.7. The van der Waals surface area contributed by atoms with Crippen LogP contribution in [0.4, 0.5) is 5.69 Å². The molecular weight excluding hydrogens is 260 g/mol. The summed E-state index contributed by atoms with van der Waals surface area (Å²) in [4.78, 5) is 23.0. The van der Waals surface area contributed by atoms with Gasteiger partial charge in [0.15, 0.2) is 0 Å². The molecule has 2 N–H and O–H groups in total. The number of rotatable bonds is 6. The van der Waals surface area contributed by atoms with Gasteiger partial charge in [0.25, 0.3) is 5.91 Å². The average molecular weight is 278 g/mol. The maximum Gasteiger partial charge on any atom is 0.332 e. The molecule has 0 radical (unpaired) electrons. The second kappa shape index (κ2) is 7.83. The van der Waals surface area contributed by atoms with E-state index >= 15 is 0 Å². The van der Waals surface area contributed by atoms with Gasteiger partial charge in [-0.1, -0.05) is 12.1 Å². The Bertz CT molecular complexity index is 512. The number of amides is 1. The van der Waals surface area contributed by atoms with E-state index < -0.39 is 11.9 Å². The fourth-order valence-electron chi connectivity index (χ4n) is 1.47. The van der Waals surface area contributed by atoms with Crippen molar-refractivity contribution in [2.24, 2.45) is 0 Å². The Morgan fingerprint density at radius 3 is 2.60 bits per heavy atom. The van der Waals surface area contributed by atoms with Crippen molar-refractivity contribution in [3.05, 3.63) is 36.0 Å². The number of nitrogens with one attached hydrogen (secondary N) is 2. The number of methoxy groups -OCH3 is 1. The molecule has 0 unspecified atom stereocenters. The first-order chi connectivity index (χ1) is 9.62. The minimum Gasteiger partial charge on any atom is -0.492 e. The molecule has 0 aliphatic rings. The predicted molar refractivity (Wildman–Crippen MR) is 75.4 cm³/mol. The van der Waals surface area contributed by atoms with Gasteiger partial charge in [0.05, 0.1) is 25.5 Å². The highest BCUT2D eigenvalue weighted by molar-refractivity contribution is 6.01. The van der Waals surface area contributed by atoms with Gasteiger partial charge in [0, 0.05) is 7.05 Å². The molecule has 0 saturated carbocycles. The van der Waals surface area contributed by atoms with Crippen LogP contribution in [0.1, 0.15) is 6.92 Å². The molecule has 6 nitrogen and oxygen atoms in total. The Labute approximate surface area is 117 Å². The van der Waals surface area contributed by atoms with Gasteiger partial charge in [0.1, 0.15) is 11.4 Å². The van der Waals surface area contributed by atoms with Gasteiger partial charge < -0.3 is 20.1 Å². The summed E-state index contributed by atoms with van der Waals surface area (Å²) in [7, 11) is 2.72. The van der Waals surface area contributed by atoms with Crippen molar-refractivity contribution in [3.63, 3.8) is 0 Å². The van der Waals surface area contributed by atoms with Gasteiger partial charge in [-0.2, -0.15) is 0 Å². The van der Waals surface area contributed by atoms with Crippen LogP contribution in [0.2, 0.25) is 0 Å². The molecule has 1 aromatic carbocycles. The van der Waals surface area contributed by atoms with Crippen molar-refractivity contribution in [1.29, 1.82) is 0 Å². The highest BCUT2D eigenvalue weighted by atomic mass is 16.5. The largest absolute Gasteiger partial charge is 0.492 e. The van der Waals surface area contributed by atoms with E-state index in [1.807, 2.05) is 13.0 Å². The maximum absolute atomic E-state index is 11.7. The van der Waals surface area contributed by atoms with Crippen molar-refractivity contribution in [3.8, 4) is 5.75 Å². The number of anilines is 1. The van der Waals surface area contributed by atoms with Crippen molar-refractivity contribution < 1.29 is 19.1 Å². The number of para-hydroxylation sites is 2. The first kappa shape index (κ1) is 15.6. The Morgan fingerprint density at radius 1 is 1.30 bits per heavy atom. The molecule has 0 saturated heterocycles. The summed E-state index contributed by atoms with van der Waals surface area (Å²) in [6, 6.07) is 7.13. The van der Waals surface area contributed by atoms with Crippen LogP contribution in [0.15, 0.2) is 36.0 Å². The lowest BCUT2D eigenvalue weighted by molar-refractivity contribution is -0.135. The molecule has 0 heterocycles. The summed E-state index contributed by atoms with van der Waals surface area (Å²) in [6.45, 7) is 2.36. The number of ether oxygens (including phenoxy) is 2. The van der Waals surface area contributed by atoms with E-state index in [-0.39, 0.29) is 5.70 Å². The quantitative estimate of drug-likeness (QED) is 0.606. The van der Waals surface area contributed by atoms with Gasteiger partial charge in [-0.3, -0.25) is 4.79 Å². The summed E-state index contributed by atoms with van der Waals surface area (Å²) >= 11 is 0. The summed E-state index contributed by atoms with van der Waals surface area (Å²) < 4.78 is 9.97. The van der Waals surface area contributed by atoms with Crippen LogP contribution in [-0.4, -0.2) is 32.6 Å². The van der Waals surface area contributed by atoms with Crippen molar-refractivity contribution >= 4 is 17.6 Å². The molecule has 0 bridgehead atoms. The Hall–Kier alpha value is -2.50. The molecule has 1 rings (SSSR count). The smallest absolute Gasteiger partial charge is 0.332 e. The first-order valence-electron chi connectivity index (χ1n) is 6.13. The average Bonchev–Trinajstić information content (AvgIpc) is 2.47. The fourth-order valence-corrected chi connectivity index (χ4v) is 1.47. The van der Waals surface area contributed by atoms with E-state index in [0.717, 1.165) is 6.08 Å². The van der Waals surface area contributed by atoms with Gasteiger partial charge >= 0.3 is 5.97 Å². The van der Waals surface area contributed by atoms with Crippen LogP contribution in [0.25, 0.3) is 0 Å². The third-order valence-electron chi connectivity index (χ3n) is 2.39. The number of esters is 1. The van der Waals surface area contributed by atoms with Crippen LogP contribution in [0.3, 0.4) is 0 Å². The topological polar surface area (TPSA) is 76.7 Å². The van der Waals surface area contributed by atoms with Crippen LogP contribution in [-0.2, 0) is 14.3 Å². The number of carbonyl (C=O) groups excluding carboxylic acids is 2. The number of hydrogen-bond acceptors (Lipinski definition) is 5. The Kier molecular flexibility index (Phi) is 6.09. The standard InChI is InChI=1S/C14H18N2O4/c1-4-20-12-8-6-5-7-10(12)16-11(14(18)15-2)9-13(17)19-3/h5-9,16H,4H2,1-3H3,(H,15,18)/b11-9-. The minimum atomic E-state index is -0.620. The zero-order chi connectivity index (χ0) is 15.0. The molecule has 108 valence electrons. The van der Waals surface area contributed by atoms with Crippen LogP contribution < -0.4 is 15.4 Å². The molecule has 20 heavy (non-hydrogen) atoms. The monoisotopic (exact) mass is 278 g/mol. The third-order valence-corrected chi connectivity index (χ3v) is 2.39. The molecule has 0 fully saturated rings. The second-order valence-corrected chi connectivity index (χ2v) is 3.71. The molecule has 0 aliphatic heterocycles. The first-order valence-corrected chi connectivity index (χ1v) is 6.13. The highest BCUT2D eigenvalue weighted by Crippen LogP contribution is 2.25. The Balaban J connectivity index is 3.04. The molecule has 0 spiro atoms. The summed E-state index contributed by atoms with van der Waals surface area (Å²) in [5.74, 6) is -0.457. The van der Waals surface area contributed by atoms with Crippen LogP contribution in [0, 0.1) is 0 Å². The second-order valence-electron chi connectivity index (χ2n) is 3.71. The fraction of sp³-hybridized carbons (Fsp3) is 0.286. The highest BCUT2D eigenvalue weighted by Gasteiger charge is 2.12. The lowest BCUT2D eigenvalue weighted by Crippen LogP contribution is -2.25. The summed E-state index contributed by atoms with van der Waals surface area (Å²) in [5, 5.41) is 5.32. The lowest BCUT2D eigenvalue weighted by Gasteiger charge is -2.13. The van der Waals surface area contributed by atoms with Crippen molar-refractivity contribution in [2.45, 2.75) is 6.92 Å². The normalized spacial score (nSPS) is 10.7. The lowest BCUT2D eigenvalue weighted by atomic mass is 10.2. The predicted octanol–water partition coefficient (Wildman–Crippen LogP) is 1.30. The van der Waals surface area contributed by atoms with Gasteiger partial charge in [-0.25, -0.2) is 4.79 Å². The number of benzene rings is 1. The van der Waals surface area contributed by atoms with Gasteiger partial charge in [-0.15, -0.1) is 0 Å². The third kappa shape index (κ3) is 4.31. The van der Waals surface area contributed by atoms with E-state index in [9.17, 15) is 9.59 Å². The molecule has 0 atom stereocenters. The van der Waals surface area contributed by atoms with Crippen molar-refractivity contribution in [1.82, 2.24) is 5.32 Å².